The Morgan fingerprint density at radius 3 is 0.726 bits per heavy atom. The van der Waals surface area contributed by atoms with Crippen LogP contribution in [-0.2, 0) is 9.47 Å². The van der Waals surface area contributed by atoms with Crippen molar-refractivity contribution in [1.29, 1.82) is 0 Å². The molecule has 0 saturated carbocycles. The van der Waals surface area contributed by atoms with Crippen molar-refractivity contribution in [2.24, 2.45) is 0 Å². The molecule has 0 aliphatic rings. The van der Waals surface area contributed by atoms with Gasteiger partial charge >= 0.3 is 84.4 Å². The second-order valence-electron chi connectivity index (χ2n) is 13.0. The molecule has 370 valence electrons. The van der Waals surface area contributed by atoms with Crippen LogP contribution < -0.4 is 0 Å². The SMILES string of the molecule is CC(C)(CCOC(C)(C)C(=C(C(F)(C(F)(F)F)C(F)(F)F)C(F)(C(F)(F)F)C(F)(F)F)C(F)(F)F)OC(=C(C(F)(C(F)(F)F)C(F)(F)F)C(F)(C(F)(F)F)C(F)(F)F)C(F)(F)F. The van der Waals surface area contributed by atoms with Crippen molar-refractivity contribution < 1.29 is 159 Å². The number of ether oxygens (including phenoxy) is 2. The van der Waals surface area contributed by atoms with Crippen molar-refractivity contribution in [1.82, 2.24) is 0 Å². The lowest BCUT2D eigenvalue weighted by molar-refractivity contribution is -0.368. The molecule has 0 saturated heterocycles. The number of hydrogen-bond donors (Lipinski definition) is 0. The molecule has 0 amide bonds. The molecule has 0 aromatic rings. The van der Waals surface area contributed by atoms with Gasteiger partial charge in [-0.15, -0.1) is 0 Å². The van der Waals surface area contributed by atoms with E-state index in [0.29, 0.717) is 0 Å². The highest BCUT2D eigenvalue weighted by atomic mass is 19.5. The van der Waals surface area contributed by atoms with Crippen LogP contribution in [0, 0.1) is 0 Å². The maximum absolute atomic E-state index is 15.1. The Kier molecular flexibility index (Phi) is 15.0. The van der Waals surface area contributed by atoms with Crippen LogP contribution in [0.4, 0.5) is 149 Å². The second kappa shape index (κ2) is 15.8. The summed E-state index contributed by atoms with van der Waals surface area (Å²) in [6.45, 7) is -5.60. The molecule has 62 heavy (non-hydrogen) atoms. The first-order chi connectivity index (χ1) is 26.2. The van der Waals surface area contributed by atoms with E-state index in [1.807, 2.05) is 0 Å². The monoisotopic (exact) mass is 1010 g/mol. The summed E-state index contributed by atoms with van der Waals surface area (Å²) < 4.78 is 476. The van der Waals surface area contributed by atoms with Gasteiger partial charge in [0.1, 0.15) is 5.60 Å². The maximum atomic E-state index is 15.1. The predicted molar refractivity (Wildman–Crippen MR) is 130 cm³/mol. The third kappa shape index (κ3) is 10.2. The van der Waals surface area contributed by atoms with Crippen molar-refractivity contribution in [3.8, 4) is 0 Å². The predicted octanol–water partition coefficient (Wildman–Crippen LogP) is 14.0. The molecule has 0 fully saturated rings. The lowest BCUT2D eigenvalue weighted by Gasteiger charge is -2.44. The standard InChI is InChI=1S/C26H16F34O2/c1-11(2,62-10(18(34,35)36)9(15(29,23(49,50)51)24(52,53)54)16(30,25(55,56)57)26(58,59)60)5-6-61-12(3,4)7(17(31,32)33)8(13(27,19(37,38)39)20(40,41)42)14(28,21(43,44)45)22(46,47)48/h5-6H2,1-4H3. The lowest BCUT2D eigenvalue weighted by atomic mass is 9.74. The Morgan fingerprint density at radius 2 is 0.532 bits per heavy atom. The fourth-order valence-corrected chi connectivity index (χ4v) is 4.90. The second-order valence-corrected chi connectivity index (χ2v) is 13.0. The van der Waals surface area contributed by atoms with Crippen LogP contribution in [0.15, 0.2) is 22.5 Å². The summed E-state index contributed by atoms with van der Waals surface area (Å²) in [7, 11) is 0. The third-order valence-corrected chi connectivity index (χ3v) is 7.67. The summed E-state index contributed by atoms with van der Waals surface area (Å²) in [5.41, 5.74) is -61.7. The fraction of sp³-hybridized carbons (Fsp3) is 0.846. The summed E-state index contributed by atoms with van der Waals surface area (Å²) in [5.74, 6) is -5.26. The van der Waals surface area contributed by atoms with E-state index in [1.165, 1.54) is 0 Å². The van der Waals surface area contributed by atoms with E-state index < -0.39 is 159 Å². The van der Waals surface area contributed by atoms with Gasteiger partial charge in [0, 0.05) is 6.42 Å². The molecule has 0 N–H and O–H groups in total. The number of allylic oxidation sites excluding steroid dienone is 3. The minimum absolute atomic E-state index is 0.499. The first-order valence-electron chi connectivity index (χ1n) is 14.4. The normalized spacial score (nSPS) is 16.1. The van der Waals surface area contributed by atoms with E-state index in [1.54, 1.807) is 0 Å². The highest BCUT2D eigenvalue weighted by Gasteiger charge is 2.89. The highest BCUT2D eigenvalue weighted by Crippen LogP contribution is 2.66. The Morgan fingerprint density at radius 1 is 0.306 bits per heavy atom. The maximum Gasteiger partial charge on any atom is 0.449 e. The summed E-state index contributed by atoms with van der Waals surface area (Å²) in [5, 5.41) is 0. The van der Waals surface area contributed by atoms with Crippen molar-refractivity contribution >= 4 is 0 Å². The van der Waals surface area contributed by atoms with E-state index in [0.717, 1.165) is 0 Å². The number of alkyl halides is 34. The zero-order chi connectivity index (χ0) is 51.1. The number of rotatable bonds is 11. The van der Waals surface area contributed by atoms with E-state index in [9.17, 15) is 140 Å². The van der Waals surface area contributed by atoms with Crippen molar-refractivity contribution in [3.05, 3.63) is 22.5 Å². The van der Waals surface area contributed by atoms with Crippen LogP contribution in [0.2, 0.25) is 0 Å². The van der Waals surface area contributed by atoms with Gasteiger partial charge in [-0.05, 0) is 27.7 Å². The number of hydrogen-bond acceptors (Lipinski definition) is 2. The molecule has 36 heteroatoms. The average molecular weight is 1010 g/mol. The van der Waals surface area contributed by atoms with Gasteiger partial charge in [-0.3, -0.25) is 0 Å². The first kappa shape index (κ1) is 58.9. The number of halogens is 34. The summed E-state index contributed by atoms with van der Waals surface area (Å²) >= 11 is 0. The van der Waals surface area contributed by atoms with E-state index >= 15 is 8.78 Å². The zero-order valence-corrected chi connectivity index (χ0v) is 29.1. The van der Waals surface area contributed by atoms with E-state index in [4.69, 9.17) is 0 Å². The molecule has 0 unspecified atom stereocenters. The molecule has 0 heterocycles. The molecule has 0 radical (unpaired) electrons. The minimum atomic E-state index is -8.83. The summed E-state index contributed by atoms with van der Waals surface area (Å²) in [4.78, 5) is 0. The molecular weight excluding hydrogens is 990 g/mol. The van der Waals surface area contributed by atoms with Gasteiger partial charge in [-0.2, -0.15) is 132 Å². The fourth-order valence-electron chi connectivity index (χ4n) is 4.90. The van der Waals surface area contributed by atoms with Gasteiger partial charge in [0.25, 0.3) is 0 Å². The zero-order valence-electron chi connectivity index (χ0n) is 29.1. The van der Waals surface area contributed by atoms with Gasteiger partial charge in [0.15, 0.2) is 0 Å². The van der Waals surface area contributed by atoms with Gasteiger partial charge < -0.3 is 9.47 Å². The van der Waals surface area contributed by atoms with Crippen LogP contribution >= 0.6 is 0 Å². The molecule has 0 aliphatic heterocycles. The van der Waals surface area contributed by atoms with Gasteiger partial charge in [-0.25, -0.2) is 17.6 Å². The smallest absolute Gasteiger partial charge is 0.449 e. The molecule has 0 aliphatic carbocycles. The summed E-state index contributed by atoms with van der Waals surface area (Å²) in [6.07, 6.45) is -86.9. The van der Waals surface area contributed by atoms with Crippen LogP contribution in [0.1, 0.15) is 34.1 Å². The third-order valence-electron chi connectivity index (χ3n) is 7.67. The highest BCUT2D eigenvalue weighted by molar-refractivity contribution is 5.46. The van der Waals surface area contributed by atoms with Crippen LogP contribution in [0.25, 0.3) is 0 Å². The van der Waals surface area contributed by atoms with Crippen molar-refractivity contribution in [2.75, 3.05) is 6.61 Å². The Hall–Kier alpha value is -3.14. The Balaban J connectivity index is 8.69. The molecular formula is C26H16F34O2. The first-order valence-corrected chi connectivity index (χ1v) is 14.4. The van der Waals surface area contributed by atoms with Crippen LogP contribution in [0.3, 0.4) is 0 Å². The molecule has 0 aromatic heterocycles. The molecule has 0 rings (SSSR count). The molecule has 0 aromatic carbocycles. The Bertz CT molecular complexity index is 1500. The van der Waals surface area contributed by atoms with Crippen molar-refractivity contribution in [2.45, 2.75) is 130 Å². The van der Waals surface area contributed by atoms with E-state index in [-0.39, 0.29) is 0 Å². The topological polar surface area (TPSA) is 18.5 Å². The van der Waals surface area contributed by atoms with Gasteiger partial charge in [-0.1, -0.05) is 0 Å². The van der Waals surface area contributed by atoms with E-state index in [2.05, 4.69) is 9.47 Å². The van der Waals surface area contributed by atoms with Gasteiger partial charge in [0.2, 0.25) is 5.76 Å². The van der Waals surface area contributed by atoms with Crippen LogP contribution in [0.5, 0.6) is 0 Å². The Labute approximate surface area is 318 Å². The largest absolute Gasteiger partial charge is 0.483 e. The quantitative estimate of drug-likeness (QED) is 0.117. The average Bonchev–Trinajstić information content (AvgIpc) is 2.92. The molecule has 2 nitrogen and oxygen atoms in total. The lowest BCUT2D eigenvalue weighted by Crippen LogP contribution is -2.67. The molecule has 0 spiro atoms. The molecule has 0 atom stereocenters. The van der Waals surface area contributed by atoms with Gasteiger partial charge in [0.05, 0.1) is 28.9 Å². The molecule has 0 bridgehead atoms. The minimum Gasteiger partial charge on any atom is -0.483 e. The summed E-state index contributed by atoms with van der Waals surface area (Å²) in [6, 6.07) is 0. The van der Waals surface area contributed by atoms with Crippen molar-refractivity contribution in [3.63, 3.8) is 0 Å². The van der Waals surface area contributed by atoms with Crippen LogP contribution in [-0.4, -0.2) is 102 Å².